The van der Waals surface area contributed by atoms with Crippen LogP contribution >= 0.6 is 0 Å². The highest BCUT2D eigenvalue weighted by atomic mass is 19.1. The third-order valence-corrected chi connectivity index (χ3v) is 4.34. The third kappa shape index (κ3) is 7.62. The van der Waals surface area contributed by atoms with Gasteiger partial charge in [-0.1, -0.05) is 26.0 Å². The Bertz CT molecular complexity index is 544. The van der Waals surface area contributed by atoms with E-state index in [-0.39, 0.29) is 5.82 Å². The second kappa shape index (κ2) is 10.8. The van der Waals surface area contributed by atoms with Gasteiger partial charge >= 0.3 is 11.9 Å². The molecular formula is C18H27FN2O4. The van der Waals surface area contributed by atoms with Crippen LogP contribution in [0.15, 0.2) is 24.3 Å². The van der Waals surface area contributed by atoms with Crippen molar-refractivity contribution in [1.82, 2.24) is 9.80 Å². The van der Waals surface area contributed by atoms with Gasteiger partial charge in [-0.2, -0.15) is 0 Å². The molecule has 2 rings (SSSR count). The molecule has 0 aromatic heterocycles. The second-order valence-corrected chi connectivity index (χ2v) is 6.02. The van der Waals surface area contributed by atoms with Gasteiger partial charge in [-0.3, -0.25) is 9.80 Å². The molecule has 1 aromatic carbocycles. The van der Waals surface area contributed by atoms with Crippen LogP contribution in [0, 0.1) is 5.82 Å². The normalized spacial score (nSPS) is 15.5. The Balaban J connectivity index is 0.000000450. The van der Waals surface area contributed by atoms with Crippen molar-refractivity contribution in [1.29, 1.82) is 0 Å². The SMILES string of the molecule is CCC(CC)N1CCN(Cc2cccc(F)c2)CC1.O=C(O)C(=O)O. The van der Waals surface area contributed by atoms with E-state index in [0.717, 1.165) is 44.3 Å². The van der Waals surface area contributed by atoms with Crippen LogP contribution in [-0.4, -0.2) is 64.2 Å². The number of nitrogens with zero attached hydrogens (tertiary/aromatic N) is 2. The van der Waals surface area contributed by atoms with Crippen LogP contribution in [0.3, 0.4) is 0 Å². The Morgan fingerprint density at radius 3 is 2.08 bits per heavy atom. The molecule has 6 nitrogen and oxygen atoms in total. The van der Waals surface area contributed by atoms with Crippen molar-refractivity contribution in [2.24, 2.45) is 0 Å². The molecule has 1 heterocycles. The summed E-state index contributed by atoms with van der Waals surface area (Å²) >= 11 is 0. The number of benzene rings is 1. The highest BCUT2D eigenvalue weighted by Crippen LogP contribution is 2.14. The number of hydrogen-bond donors (Lipinski definition) is 2. The zero-order valence-electron chi connectivity index (χ0n) is 14.8. The average Bonchev–Trinajstić information content (AvgIpc) is 2.58. The van der Waals surface area contributed by atoms with Gasteiger partial charge in [0.15, 0.2) is 0 Å². The van der Waals surface area contributed by atoms with E-state index in [1.54, 1.807) is 12.1 Å². The zero-order valence-corrected chi connectivity index (χ0v) is 14.8. The summed E-state index contributed by atoms with van der Waals surface area (Å²) in [5.41, 5.74) is 1.08. The molecule has 0 bridgehead atoms. The quantitative estimate of drug-likeness (QED) is 0.790. The van der Waals surface area contributed by atoms with Crippen molar-refractivity contribution < 1.29 is 24.2 Å². The number of hydrogen-bond acceptors (Lipinski definition) is 4. The minimum Gasteiger partial charge on any atom is -0.473 e. The van der Waals surface area contributed by atoms with E-state index in [0.29, 0.717) is 0 Å². The van der Waals surface area contributed by atoms with Crippen LogP contribution in [-0.2, 0) is 16.1 Å². The molecule has 0 atom stereocenters. The van der Waals surface area contributed by atoms with Crippen molar-refractivity contribution in [2.45, 2.75) is 39.3 Å². The number of rotatable bonds is 5. The molecule has 1 fully saturated rings. The summed E-state index contributed by atoms with van der Waals surface area (Å²) in [7, 11) is 0. The predicted octanol–water partition coefficient (Wildman–Crippen LogP) is 2.29. The molecule has 25 heavy (non-hydrogen) atoms. The van der Waals surface area contributed by atoms with E-state index in [2.05, 4.69) is 23.6 Å². The van der Waals surface area contributed by atoms with Gasteiger partial charge in [-0.15, -0.1) is 0 Å². The molecule has 2 N–H and O–H groups in total. The molecule has 0 radical (unpaired) electrons. The monoisotopic (exact) mass is 354 g/mol. The molecule has 0 unspecified atom stereocenters. The smallest absolute Gasteiger partial charge is 0.414 e. The van der Waals surface area contributed by atoms with Crippen LogP contribution < -0.4 is 0 Å². The summed E-state index contributed by atoms with van der Waals surface area (Å²) in [4.78, 5) is 23.2. The maximum absolute atomic E-state index is 13.2. The third-order valence-electron chi connectivity index (χ3n) is 4.34. The topological polar surface area (TPSA) is 81.1 Å². The first-order chi connectivity index (χ1) is 11.9. The van der Waals surface area contributed by atoms with E-state index >= 15 is 0 Å². The number of carbonyl (C=O) groups is 2. The van der Waals surface area contributed by atoms with E-state index in [9.17, 15) is 4.39 Å². The Morgan fingerprint density at radius 2 is 1.64 bits per heavy atom. The molecule has 0 spiro atoms. The predicted molar refractivity (Wildman–Crippen MR) is 92.9 cm³/mol. The minimum absolute atomic E-state index is 0.131. The summed E-state index contributed by atoms with van der Waals surface area (Å²) in [6.45, 7) is 9.87. The molecule has 1 aromatic rings. The molecule has 1 aliphatic heterocycles. The summed E-state index contributed by atoms with van der Waals surface area (Å²) < 4.78 is 13.2. The Kier molecular flexibility index (Phi) is 9.08. The number of carboxylic acid groups (broad SMARTS) is 2. The lowest BCUT2D eigenvalue weighted by Gasteiger charge is -2.38. The molecule has 1 aliphatic rings. The number of carboxylic acids is 2. The fourth-order valence-corrected chi connectivity index (χ4v) is 2.99. The first kappa shape index (κ1) is 21.1. The van der Waals surface area contributed by atoms with Crippen molar-refractivity contribution in [3.63, 3.8) is 0 Å². The lowest BCUT2D eigenvalue weighted by atomic mass is 10.1. The van der Waals surface area contributed by atoms with Crippen molar-refractivity contribution in [2.75, 3.05) is 26.2 Å². The number of piperazine rings is 1. The largest absolute Gasteiger partial charge is 0.473 e. The van der Waals surface area contributed by atoms with Gasteiger partial charge in [-0.25, -0.2) is 14.0 Å². The molecule has 7 heteroatoms. The van der Waals surface area contributed by atoms with Gasteiger partial charge in [0, 0.05) is 38.8 Å². The minimum atomic E-state index is -1.82. The molecule has 1 saturated heterocycles. The maximum Gasteiger partial charge on any atom is 0.414 e. The zero-order chi connectivity index (χ0) is 18.8. The molecular weight excluding hydrogens is 327 g/mol. The fraction of sp³-hybridized carbons (Fsp3) is 0.556. The van der Waals surface area contributed by atoms with Crippen LogP contribution in [0.5, 0.6) is 0 Å². The van der Waals surface area contributed by atoms with Gasteiger partial charge in [-0.05, 0) is 30.5 Å². The van der Waals surface area contributed by atoms with Crippen molar-refractivity contribution in [3.05, 3.63) is 35.6 Å². The van der Waals surface area contributed by atoms with Crippen LogP contribution in [0.1, 0.15) is 32.3 Å². The Morgan fingerprint density at radius 1 is 1.08 bits per heavy atom. The standard InChI is InChI=1S/C16H25FN2.C2H2O4/c1-3-16(4-2)19-10-8-18(9-11-19)13-14-6-5-7-15(17)12-14;3-1(4)2(5)6/h5-7,12,16H,3-4,8-11,13H2,1-2H3;(H,3,4)(H,5,6). The van der Waals surface area contributed by atoms with Gasteiger partial charge in [0.1, 0.15) is 5.82 Å². The van der Waals surface area contributed by atoms with Crippen LogP contribution in [0.25, 0.3) is 0 Å². The lowest BCUT2D eigenvalue weighted by Crippen LogP contribution is -2.49. The highest BCUT2D eigenvalue weighted by Gasteiger charge is 2.21. The summed E-state index contributed by atoms with van der Waals surface area (Å²) in [5.74, 6) is -3.78. The average molecular weight is 354 g/mol. The first-order valence-electron chi connectivity index (χ1n) is 8.54. The summed E-state index contributed by atoms with van der Waals surface area (Å²) in [6, 6.07) is 7.69. The Hall–Kier alpha value is -1.99. The number of aliphatic carboxylic acids is 2. The van der Waals surface area contributed by atoms with E-state index in [4.69, 9.17) is 19.8 Å². The van der Waals surface area contributed by atoms with E-state index in [1.165, 1.54) is 18.9 Å². The van der Waals surface area contributed by atoms with Crippen LogP contribution in [0.2, 0.25) is 0 Å². The summed E-state index contributed by atoms with van der Waals surface area (Å²) in [5, 5.41) is 14.8. The molecule has 0 amide bonds. The highest BCUT2D eigenvalue weighted by molar-refractivity contribution is 6.27. The van der Waals surface area contributed by atoms with Gasteiger partial charge in [0.2, 0.25) is 0 Å². The fourth-order valence-electron chi connectivity index (χ4n) is 2.99. The number of halogens is 1. The molecule has 0 saturated carbocycles. The molecule has 140 valence electrons. The van der Waals surface area contributed by atoms with Crippen LogP contribution in [0.4, 0.5) is 4.39 Å². The molecule has 0 aliphatic carbocycles. The van der Waals surface area contributed by atoms with E-state index < -0.39 is 11.9 Å². The van der Waals surface area contributed by atoms with Gasteiger partial charge in [0.05, 0.1) is 0 Å². The van der Waals surface area contributed by atoms with Gasteiger partial charge < -0.3 is 10.2 Å². The Labute approximate surface area is 147 Å². The van der Waals surface area contributed by atoms with E-state index in [1.807, 2.05) is 6.07 Å². The van der Waals surface area contributed by atoms with Crippen molar-refractivity contribution >= 4 is 11.9 Å². The summed E-state index contributed by atoms with van der Waals surface area (Å²) in [6.07, 6.45) is 2.47. The van der Waals surface area contributed by atoms with Gasteiger partial charge in [0.25, 0.3) is 0 Å². The van der Waals surface area contributed by atoms with Crippen molar-refractivity contribution in [3.8, 4) is 0 Å². The second-order valence-electron chi connectivity index (χ2n) is 6.02. The lowest BCUT2D eigenvalue weighted by molar-refractivity contribution is -0.159. The first-order valence-corrected chi connectivity index (χ1v) is 8.54. The maximum atomic E-state index is 13.2.